The van der Waals surface area contributed by atoms with Crippen LogP contribution >= 0.6 is 11.6 Å². The van der Waals surface area contributed by atoms with Crippen LogP contribution in [0.25, 0.3) is 11.0 Å². The van der Waals surface area contributed by atoms with Crippen LogP contribution in [0.1, 0.15) is 30.1 Å². The number of piperidine rings is 1. The molecule has 1 saturated heterocycles. The molecular weight excluding hydrogens is 306 g/mol. The highest BCUT2D eigenvalue weighted by atomic mass is 35.5. The van der Waals surface area contributed by atoms with Crippen LogP contribution in [-0.2, 0) is 0 Å². The molecule has 1 aliphatic rings. The Bertz CT molecular complexity index is 791. The van der Waals surface area contributed by atoms with E-state index in [-0.39, 0.29) is 27.8 Å². The highest BCUT2D eigenvalue weighted by Crippen LogP contribution is 2.29. The molecule has 116 valence electrons. The summed E-state index contributed by atoms with van der Waals surface area (Å²) in [4.78, 5) is 26.2. The van der Waals surface area contributed by atoms with Gasteiger partial charge in [0.25, 0.3) is 5.91 Å². The number of phenols is 1. The summed E-state index contributed by atoms with van der Waals surface area (Å²) in [6.07, 6.45) is 1.87. The van der Waals surface area contributed by atoms with E-state index >= 15 is 0 Å². The highest BCUT2D eigenvalue weighted by Gasteiger charge is 2.24. The zero-order valence-electron chi connectivity index (χ0n) is 12.1. The summed E-state index contributed by atoms with van der Waals surface area (Å²) in [5, 5.41) is 10.2. The number of carbonyl (C=O) groups excluding carboxylic acids is 1. The van der Waals surface area contributed by atoms with Crippen molar-refractivity contribution < 1.29 is 14.3 Å². The SMILES string of the molecule is CC1CCN(C(=O)c2cc3cc(Cl)c(O)cc3oc2=O)CC1. The average molecular weight is 322 g/mol. The third kappa shape index (κ3) is 2.68. The second kappa shape index (κ2) is 5.65. The zero-order chi connectivity index (χ0) is 15.9. The first-order valence-electron chi connectivity index (χ1n) is 7.21. The Hall–Kier alpha value is -2.01. The third-order valence-corrected chi connectivity index (χ3v) is 4.41. The molecule has 5 nitrogen and oxygen atoms in total. The van der Waals surface area contributed by atoms with Crippen molar-refractivity contribution >= 4 is 28.5 Å². The fourth-order valence-corrected chi connectivity index (χ4v) is 2.83. The van der Waals surface area contributed by atoms with E-state index < -0.39 is 5.63 Å². The van der Waals surface area contributed by atoms with E-state index in [9.17, 15) is 14.7 Å². The maximum atomic E-state index is 12.5. The number of hydrogen-bond acceptors (Lipinski definition) is 4. The van der Waals surface area contributed by atoms with Crippen molar-refractivity contribution in [2.45, 2.75) is 19.8 Å². The molecule has 0 bridgehead atoms. The van der Waals surface area contributed by atoms with Crippen LogP contribution in [0.4, 0.5) is 0 Å². The Kier molecular flexibility index (Phi) is 3.83. The molecule has 0 aliphatic carbocycles. The van der Waals surface area contributed by atoms with Crippen LogP contribution in [-0.4, -0.2) is 29.0 Å². The molecule has 1 N–H and O–H groups in total. The standard InChI is InChI=1S/C16H16ClNO4/c1-9-2-4-18(5-3-9)15(20)11-6-10-7-12(17)13(19)8-14(10)22-16(11)21/h6-9,19H,2-5H2,1H3. The van der Waals surface area contributed by atoms with Crippen molar-refractivity contribution in [2.75, 3.05) is 13.1 Å². The molecule has 2 aromatic rings. The Labute approximate surface area is 132 Å². The lowest BCUT2D eigenvalue weighted by Crippen LogP contribution is -2.39. The average Bonchev–Trinajstić information content (AvgIpc) is 2.48. The third-order valence-electron chi connectivity index (χ3n) is 4.10. The van der Waals surface area contributed by atoms with Crippen molar-refractivity contribution in [3.05, 3.63) is 39.2 Å². The van der Waals surface area contributed by atoms with Gasteiger partial charge < -0.3 is 14.4 Å². The first kappa shape index (κ1) is 14.9. The van der Waals surface area contributed by atoms with Crippen molar-refractivity contribution in [3.8, 4) is 5.75 Å². The number of amides is 1. The normalized spacial score (nSPS) is 16.2. The van der Waals surface area contributed by atoms with Crippen LogP contribution in [0.5, 0.6) is 5.75 Å². The van der Waals surface area contributed by atoms with Gasteiger partial charge in [-0.1, -0.05) is 18.5 Å². The molecule has 0 spiro atoms. The minimum atomic E-state index is -0.696. The molecule has 1 aromatic carbocycles. The Morgan fingerprint density at radius 1 is 1.32 bits per heavy atom. The number of carbonyl (C=O) groups is 1. The minimum absolute atomic E-state index is 0.00353. The monoisotopic (exact) mass is 321 g/mol. The Morgan fingerprint density at radius 3 is 2.68 bits per heavy atom. The topological polar surface area (TPSA) is 70.8 Å². The summed E-state index contributed by atoms with van der Waals surface area (Å²) in [6, 6.07) is 4.23. The molecule has 6 heteroatoms. The van der Waals surface area contributed by atoms with E-state index in [0.717, 1.165) is 12.8 Å². The molecule has 22 heavy (non-hydrogen) atoms. The lowest BCUT2D eigenvalue weighted by molar-refractivity contribution is 0.0693. The summed E-state index contributed by atoms with van der Waals surface area (Å²) in [5.74, 6) is 0.118. The van der Waals surface area contributed by atoms with Gasteiger partial charge in [0.05, 0.1) is 5.02 Å². The van der Waals surface area contributed by atoms with E-state index in [2.05, 4.69) is 6.92 Å². The molecule has 0 unspecified atom stereocenters. The molecular formula is C16H16ClNO4. The number of likely N-dealkylation sites (tertiary alicyclic amines) is 1. The Morgan fingerprint density at radius 2 is 2.00 bits per heavy atom. The van der Waals surface area contributed by atoms with E-state index in [1.54, 1.807) is 4.90 Å². The number of phenolic OH excluding ortho intramolecular Hbond substituents is 1. The largest absolute Gasteiger partial charge is 0.506 e. The number of hydrogen-bond donors (Lipinski definition) is 1. The van der Waals surface area contributed by atoms with Crippen LogP contribution in [0, 0.1) is 5.92 Å². The van der Waals surface area contributed by atoms with Crippen LogP contribution in [0.2, 0.25) is 5.02 Å². The fourth-order valence-electron chi connectivity index (χ4n) is 2.66. The lowest BCUT2D eigenvalue weighted by Gasteiger charge is -2.30. The predicted molar refractivity (Wildman–Crippen MR) is 83.5 cm³/mol. The van der Waals surface area contributed by atoms with E-state index in [4.69, 9.17) is 16.0 Å². The highest BCUT2D eigenvalue weighted by molar-refractivity contribution is 6.32. The van der Waals surface area contributed by atoms with Gasteiger partial charge in [-0.3, -0.25) is 4.79 Å². The van der Waals surface area contributed by atoms with Gasteiger partial charge in [-0.25, -0.2) is 4.79 Å². The van der Waals surface area contributed by atoms with E-state index in [1.807, 2.05) is 0 Å². The van der Waals surface area contributed by atoms with Gasteiger partial charge in [0, 0.05) is 24.5 Å². The number of halogens is 1. The van der Waals surface area contributed by atoms with Crippen LogP contribution in [0.3, 0.4) is 0 Å². The smallest absolute Gasteiger partial charge is 0.349 e. The molecule has 1 fully saturated rings. The molecule has 0 radical (unpaired) electrons. The summed E-state index contributed by atoms with van der Waals surface area (Å²) in [7, 11) is 0. The molecule has 0 saturated carbocycles. The zero-order valence-corrected chi connectivity index (χ0v) is 12.9. The van der Waals surface area contributed by atoms with Gasteiger partial charge >= 0.3 is 5.63 Å². The quantitative estimate of drug-likeness (QED) is 0.820. The second-order valence-electron chi connectivity index (χ2n) is 5.76. The van der Waals surface area contributed by atoms with Gasteiger partial charge in [-0.05, 0) is 30.9 Å². The van der Waals surface area contributed by atoms with Crippen molar-refractivity contribution in [3.63, 3.8) is 0 Å². The molecule has 1 amide bonds. The summed E-state index contributed by atoms with van der Waals surface area (Å²) in [6.45, 7) is 3.45. The maximum absolute atomic E-state index is 12.5. The number of nitrogens with zero attached hydrogens (tertiary/aromatic N) is 1. The number of rotatable bonds is 1. The molecule has 0 atom stereocenters. The molecule has 1 aromatic heterocycles. The molecule has 2 heterocycles. The number of fused-ring (bicyclic) bond motifs is 1. The number of aromatic hydroxyl groups is 1. The molecule has 1 aliphatic heterocycles. The molecule has 3 rings (SSSR count). The van der Waals surface area contributed by atoms with Gasteiger partial charge in [0.2, 0.25) is 0 Å². The minimum Gasteiger partial charge on any atom is -0.506 e. The summed E-state index contributed by atoms with van der Waals surface area (Å²) >= 11 is 5.86. The van der Waals surface area contributed by atoms with Crippen LogP contribution < -0.4 is 5.63 Å². The van der Waals surface area contributed by atoms with Crippen molar-refractivity contribution in [2.24, 2.45) is 5.92 Å². The van der Waals surface area contributed by atoms with Gasteiger partial charge in [0.15, 0.2) is 0 Å². The maximum Gasteiger partial charge on any atom is 0.349 e. The lowest BCUT2D eigenvalue weighted by atomic mass is 9.99. The van der Waals surface area contributed by atoms with Gasteiger partial charge in [-0.2, -0.15) is 0 Å². The summed E-state index contributed by atoms with van der Waals surface area (Å²) in [5.41, 5.74) is -0.489. The summed E-state index contributed by atoms with van der Waals surface area (Å²) < 4.78 is 5.14. The van der Waals surface area contributed by atoms with Gasteiger partial charge in [0.1, 0.15) is 16.9 Å². The first-order chi connectivity index (χ1) is 10.5. The van der Waals surface area contributed by atoms with E-state index in [0.29, 0.717) is 24.4 Å². The van der Waals surface area contributed by atoms with Gasteiger partial charge in [-0.15, -0.1) is 0 Å². The fraction of sp³-hybridized carbons (Fsp3) is 0.375. The Balaban J connectivity index is 2.00. The van der Waals surface area contributed by atoms with Crippen LogP contribution in [0.15, 0.2) is 27.4 Å². The van der Waals surface area contributed by atoms with E-state index in [1.165, 1.54) is 18.2 Å². The van der Waals surface area contributed by atoms with Crippen molar-refractivity contribution in [1.82, 2.24) is 4.90 Å². The predicted octanol–water partition coefficient (Wildman–Crippen LogP) is 3.02. The van der Waals surface area contributed by atoms with Crippen molar-refractivity contribution in [1.29, 1.82) is 0 Å². The number of benzene rings is 1. The second-order valence-corrected chi connectivity index (χ2v) is 6.17. The first-order valence-corrected chi connectivity index (χ1v) is 7.59.